The zero-order valence-electron chi connectivity index (χ0n) is 20.1. The van der Waals surface area contributed by atoms with Gasteiger partial charge in [-0.05, 0) is 58.5 Å². The van der Waals surface area contributed by atoms with E-state index in [0.29, 0.717) is 18.2 Å². The predicted octanol–water partition coefficient (Wildman–Crippen LogP) is 4.45. The van der Waals surface area contributed by atoms with Gasteiger partial charge in [-0.2, -0.15) is 0 Å². The van der Waals surface area contributed by atoms with Crippen molar-refractivity contribution in [3.05, 3.63) is 46.6 Å². The molecule has 7 heteroatoms. The maximum Gasteiger partial charge on any atom is 0.251 e. The molecule has 1 aliphatic carbocycles. The van der Waals surface area contributed by atoms with Crippen molar-refractivity contribution in [3.8, 4) is 0 Å². The lowest BCUT2D eigenvalue weighted by molar-refractivity contribution is 0.0951. The van der Waals surface area contributed by atoms with Crippen LogP contribution in [-0.4, -0.2) is 61.0 Å². The van der Waals surface area contributed by atoms with Crippen molar-refractivity contribution in [2.24, 2.45) is 0 Å². The van der Waals surface area contributed by atoms with Crippen molar-refractivity contribution in [1.82, 2.24) is 20.2 Å². The monoisotopic (exact) mass is 455 g/mol. The number of benzene rings is 1. The van der Waals surface area contributed by atoms with Gasteiger partial charge in [0.2, 0.25) is 0 Å². The van der Waals surface area contributed by atoms with Crippen molar-refractivity contribution >= 4 is 23.5 Å². The molecule has 1 amide bonds. The molecule has 6 nitrogen and oxygen atoms in total. The molecule has 1 aliphatic rings. The van der Waals surface area contributed by atoms with Crippen molar-refractivity contribution < 1.29 is 4.79 Å². The Hall–Kier alpha value is -2.12. The van der Waals surface area contributed by atoms with Gasteiger partial charge in [-0.25, -0.2) is 9.97 Å². The molecule has 0 atom stereocenters. The summed E-state index contributed by atoms with van der Waals surface area (Å²) in [5.74, 6) is 1.81. The number of carbonyl (C=O) groups excluding carboxylic acids is 1. The Morgan fingerprint density at radius 1 is 1.06 bits per heavy atom. The summed E-state index contributed by atoms with van der Waals surface area (Å²) in [6.45, 7) is 5.67. The lowest BCUT2D eigenvalue weighted by Gasteiger charge is -2.33. The number of nitrogens with zero attached hydrogens (tertiary/aromatic N) is 4. The molecule has 0 aliphatic heterocycles. The molecule has 1 heterocycles. The summed E-state index contributed by atoms with van der Waals surface area (Å²) in [4.78, 5) is 26.3. The van der Waals surface area contributed by atoms with E-state index < -0.39 is 0 Å². The number of aromatic nitrogens is 2. The van der Waals surface area contributed by atoms with E-state index in [-0.39, 0.29) is 5.91 Å². The third-order valence-electron chi connectivity index (χ3n) is 6.23. The average molecular weight is 456 g/mol. The first-order valence-corrected chi connectivity index (χ1v) is 12.6. The number of likely N-dealkylation sites (N-methyl/N-ethyl adjacent to an activating group) is 1. The summed E-state index contributed by atoms with van der Waals surface area (Å²) < 4.78 is 0. The van der Waals surface area contributed by atoms with Gasteiger partial charge < -0.3 is 15.1 Å². The van der Waals surface area contributed by atoms with Crippen molar-refractivity contribution in [2.45, 2.75) is 62.9 Å². The highest BCUT2D eigenvalue weighted by Gasteiger charge is 2.22. The third-order valence-corrected chi connectivity index (χ3v) is 7.15. The van der Waals surface area contributed by atoms with Crippen LogP contribution in [0.1, 0.15) is 59.3 Å². The van der Waals surface area contributed by atoms with Crippen molar-refractivity contribution in [1.29, 1.82) is 0 Å². The molecule has 3 rings (SSSR count). The average Bonchev–Trinajstić information content (AvgIpc) is 2.80. The molecule has 174 valence electrons. The number of hydrogen-bond acceptors (Lipinski definition) is 6. The van der Waals surface area contributed by atoms with E-state index in [1.807, 2.05) is 43.3 Å². The quantitative estimate of drug-likeness (QED) is 0.445. The van der Waals surface area contributed by atoms with Crippen molar-refractivity contribution in [3.63, 3.8) is 0 Å². The van der Waals surface area contributed by atoms with E-state index in [0.717, 1.165) is 34.5 Å². The van der Waals surface area contributed by atoms with Crippen LogP contribution < -0.4 is 10.2 Å². The highest BCUT2D eigenvalue weighted by Crippen LogP contribution is 2.30. The number of rotatable bonds is 9. The van der Waals surface area contributed by atoms with Crippen LogP contribution in [0.2, 0.25) is 0 Å². The summed E-state index contributed by atoms with van der Waals surface area (Å²) in [7, 11) is 6.17. The van der Waals surface area contributed by atoms with Crippen LogP contribution in [0.3, 0.4) is 0 Å². The number of anilines is 1. The van der Waals surface area contributed by atoms with E-state index in [2.05, 4.69) is 31.1 Å². The van der Waals surface area contributed by atoms with Gasteiger partial charge in [-0.15, -0.1) is 0 Å². The molecular formula is C25H37N5OS. The molecule has 32 heavy (non-hydrogen) atoms. The van der Waals surface area contributed by atoms with E-state index in [9.17, 15) is 4.79 Å². The van der Waals surface area contributed by atoms with Gasteiger partial charge in [0, 0.05) is 48.8 Å². The smallest absolute Gasteiger partial charge is 0.251 e. The number of nitrogens with one attached hydrogen (secondary N) is 1. The topological polar surface area (TPSA) is 61.4 Å². The van der Waals surface area contributed by atoms with Gasteiger partial charge in [0.05, 0.1) is 0 Å². The fourth-order valence-electron chi connectivity index (χ4n) is 4.03. The van der Waals surface area contributed by atoms with Crippen LogP contribution in [0.4, 0.5) is 5.82 Å². The van der Waals surface area contributed by atoms with Crippen LogP contribution in [-0.2, 0) is 5.75 Å². The summed E-state index contributed by atoms with van der Waals surface area (Å²) in [5, 5.41) is 3.77. The normalized spacial score (nSPS) is 14.6. The van der Waals surface area contributed by atoms with Gasteiger partial charge >= 0.3 is 0 Å². The van der Waals surface area contributed by atoms with E-state index >= 15 is 0 Å². The summed E-state index contributed by atoms with van der Waals surface area (Å²) in [5.41, 5.74) is 4.07. The van der Waals surface area contributed by atoms with E-state index in [4.69, 9.17) is 9.97 Å². The maximum absolute atomic E-state index is 12.3. The number of hydrogen-bond donors (Lipinski definition) is 1. The first-order chi connectivity index (χ1) is 15.3. The minimum atomic E-state index is -0.0288. The molecule has 0 spiro atoms. The zero-order chi connectivity index (χ0) is 23.1. The minimum absolute atomic E-state index is 0.0288. The highest BCUT2D eigenvalue weighted by molar-refractivity contribution is 7.98. The van der Waals surface area contributed by atoms with Gasteiger partial charge in [0.1, 0.15) is 5.82 Å². The molecule has 0 radical (unpaired) electrons. The fraction of sp³-hybridized carbons (Fsp3) is 0.560. The molecule has 1 aromatic heterocycles. The fourth-order valence-corrected chi connectivity index (χ4v) is 4.87. The lowest BCUT2D eigenvalue weighted by Crippen LogP contribution is -2.34. The second kappa shape index (κ2) is 11.7. The van der Waals surface area contributed by atoms with Gasteiger partial charge in [0.25, 0.3) is 5.91 Å². The molecule has 0 unspecified atom stereocenters. The van der Waals surface area contributed by atoms with Crippen LogP contribution in [0.5, 0.6) is 0 Å². The summed E-state index contributed by atoms with van der Waals surface area (Å²) in [6.07, 6.45) is 6.46. The highest BCUT2D eigenvalue weighted by atomic mass is 32.2. The lowest BCUT2D eigenvalue weighted by atomic mass is 9.94. The number of amides is 1. The molecule has 0 bridgehead atoms. The summed E-state index contributed by atoms with van der Waals surface area (Å²) >= 11 is 1.65. The molecule has 1 saturated carbocycles. The first-order valence-electron chi connectivity index (χ1n) is 11.6. The third kappa shape index (κ3) is 6.69. The van der Waals surface area contributed by atoms with Crippen LogP contribution in [0.25, 0.3) is 0 Å². The number of aryl methyl sites for hydroxylation is 1. The largest absolute Gasteiger partial charge is 0.356 e. The Kier molecular flexibility index (Phi) is 8.93. The van der Waals surface area contributed by atoms with Crippen LogP contribution in [0, 0.1) is 13.8 Å². The Labute approximate surface area is 197 Å². The molecule has 1 aromatic carbocycles. The summed E-state index contributed by atoms with van der Waals surface area (Å²) in [6, 6.07) is 8.40. The Balaban J connectivity index is 1.61. The number of thioether (sulfide) groups is 1. The maximum atomic E-state index is 12.3. The molecule has 1 N–H and O–H groups in total. The van der Waals surface area contributed by atoms with Gasteiger partial charge in [-0.1, -0.05) is 43.2 Å². The second-order valence-corrected chi connectivity index (χ2v) is 9.93. The Morgan fingerprint density at radius 2 is 1.75 bits per heavy atom. The minimum Gasteiger partial charge on any atom is -0.356 e. The van der Waals surface area contributed by atoms with Crippen molar-refractivity contribution in [2.75, 3.05) is 39.1 Å². The molecular weight excluding hydrogens is 418 g/mol. The van der Waals surface area contributed by atoms with Crippen LogP contribution >= 0.6 is 11.8 Å². The number of carbonyl (C=O) groups is 1. The van der Waals surface area contributed by atoms with Crippen LogP contribution in [0.15, 0.2) is 29.4 Å². The first kappa shape index (κ1) is 24.5. The Morgan fingerprint density at radius 3 is 2.41 bits per heavy atom. The standard InChI is InChI=1S/C25H37N5OS/c1-18-19(2)27-25(28-23(18)30(5)22-9-7-6-8-10-22)32-17-20-11-13-21(14-12-20)24(31)26-15-16-29(3)4/h11-14,22H,6-10,15-17H2,1-5H3,(H,26,31). The molecule has 2 aromatic rings. The predicted molar refractivity (Wildman–Crippen MR) is 134 cm³/mol. The molecule has 0 saturated heterocycles. The van der Waals surface area contributed by atoms with Gasteiger partial charge in [-0.3, -0.25) is 4.79 Å². The zero-order valence-corrected chi connectivity index (χ0v) is 21.0. The second-order valence-electron chi connectivity index (χ2n) is 8.99. The molecule has 1 fully saturated rings. The van der Waals surface area contributed by atoms with E-state index in [1.165, 1.54) is 37.7 Å². The van der Waals surface area contributed by atoms with Gasteiger partial charge in [0.15, 0.2) is 5.16 Å². The van der Waals surface area contributed by atoms with E-state index in [1.54, 1.807) is 11.8 Å². The Bertz CT molecular complexity index is 894. The SMILES string of the molecule is Cc1nc(SCc2ccc(C(=O)NCCN(C)C)cc2)nc(N(C)C2CCCCC2)c1C.